The summed E-state index contributed by atoms with van der Waals surface area (Å²) < 4.78 is 10.0. The summed E-state index contributed by atoms with van der Waals surface area (Å²) in [5.41, 5.74) is 2.57. The highest BCUT2D eigenvalue weighted by Crippen LogP contribution is 2.05. The topological polar surface area (TPSA) is 30.5 Å². The van der Waals surface area contributed by atoms with Crippen molar-refractivity contribution >= 4 is 0 Å². The number of nitrogens with one attached hydrogen (secondary N) is 1. The van der Waals surface area contributed by atoms with E-state index in [2.05, 4.69) is 29.6 Å². The predicted molar refractivity (Wildman–Crippen MR) is 65.6 cm³/mol. The Morgan fingerprint density at radius 2 is 1.62 bits per heavy atom. The van der Waals surface area contributed by atoms with Crippen LogP contribution in [0.5, 0.6) is 0 Å². The fourth-order valence-electron chi connectivity index (χ4n) is 1.50. The summed E-state index contributed by atoms with van der Waals surface area (Å²) >= 11 is 0. The Kier molecular flexibility index (Phi) is 6.81. The maximum absolute atomic E-state index is 5.07. The van der Waals surface area contributed by atoms with Gasteiger partial charge in [0, 0.05) is 20.8 Å². The summed E-state index contributed by atoms with van der Waals surface area (Å²) in [6, 6.07) is 8.56. The second-order valence-corrected chi connectivity index (χ2v) is 3.74. The van der Waals surface area contributed by atoms with Gasteiger partial charge in [0.2, 0.25) is 0 Å². The van der Waals surface area contributed by atoms with E-state index in [1.54, 1.807) is 14.2 Å². The molecule has 3 heteroatoms. The fraction of sp³-hybridized carbons (Fsp3) is 0.538. The number of ether oxygens (including phenoxy) is 2. The molecule has 0 aliphatic rings. The van der Waals surface area contributed by atoms with Gasteiger partial charge in [-0.2, -0.15) is 0 Å². The van der Waals surface area contributed by atoms with Crippen LogP contribution in [0.3, 0.4) is 0 Å². The molecule has 1 rings (SSSR count). The van der Waals surface area contributed by atoms with Gasteiger partial charge in [0.15, 0.2) is 0 Å². The van der Waals surface area contributed by atoms with Gasteiger partial charge in [-0.1, -0.05) is 24.3 Å². The first-order valence-electron chi connectivity index (χ1n) is 5.63. The quantitative estimate of drug-likeness (QED) is 0.679. The molecular formula is C13H21NO2. The average molecular weight is 223 g/mol. The molecule has 16 heavy (non-hydrogen) atoms. The molecule has 0 bridgehead atoms. The van der Waals surface area contributed by atoms with E-state index in [-0.39, 0.29) is 0 Å². The molecule has 1 aromatic carbocycles. The normalized spacial score (nSPS) is 10.6. The number of benzene rings is 1. The second-order valence-electron chi connectivity index (χ2n) is 3.74. The molecule has 0 saturated heterocycles. The van der Waals surface area contributed by atoms with Crippen molar-refractivity contribution in [2.45, 2.75) is 13.0 Å². The molecule has 1 aromatic rings. The summed E-state index contributed by atoms with van der Waals surface area (Å²) in [5, 5.41) is 3.32. The zero-order valence-corrected chi connectivity index (χ0v) is 10.2. The largest absolute Gasteiger partial charge is 0.383 e. The second kappa shape index (κ2) is 8.28. The summed E-state index contributed by atoms with van der Waals surface area (Å²) in [6.07, 6.45) is 1.05. The number of hydrogen-bond acceptors (Lipinski definition) is 3. The van der Waals surface area contributed by atoms with Crippen LogP contribution in [0.4, 0.5) is 0 Å². The van der Waals surface area contributed by atoms with E-state index in [1.165, 1.54) is 11.1 Å². The maximum atomic E-state index is 5.07. The first kappa shape index (κ1) is 13.2. The monoisotopic (exact) mass is 223 g/mol. The van der Waals surface area contributed by atoms with Crippen molar-refractivity contribution in [1.29, 1.82) is 0 Å². The fourth-order valence-corrected chi connectivity index (χ4v) is 1.50. The van der Waals surface area contributed by atoms with Crippen molar-refractivity contribution in [2.75, 3.05) is 33.9 Å². The lowest BCUT2D eigenvalue weighted by Gasteiger charge is -2.05. The van der Waals surface area contributed by atoms with Gasteiger partial charge in [0.1, 0.15) is 0 Å². The molecule has 3 nitrogen and oxygen atoms in total. The molecule has 0 fully saturated rings. The van der Waals surface area contributed by atoms with E-state index in [9.17, 15) is 0 Å². The van der Waals surface area contributed by atoms with Crippen molar-refractivity contribution in [3.8, 4) is 0 Å². The van der Waals surface area contributed by atoms with E-state index >= 15 is 0 Å². The lowest BCUT2D eigenvalue weighted by molar-refractivity contribution is 0.185. The Morgan fingerprint density at radius 3 is 2.25 bits per heavy atom. The van der Waals surface area contributed by atoms with Gasteiger partial charge in [-0.15, -0.1) is 0 Å². The van der Waals surface area contributed by atoms with Gasteiger partial charge in [-0.25, -0.2) is 0 Å². The van der Waals surface area contributed by atoms with E-state index < -0.39 is 0 Å². The highest BCUT2D eigenvalue weighted by atomic mass is 16.5. The summed E-state index contributed by atoms with van der Waals surface area (Å²) in [7, 11) is 3.43. The molecule has 0 atom stereocenters. The van der Waals surface area contributed by atoms with Gasteiger partial charge < -0.3 is 14.8 Å². The standard InChI is InChI=1S/C13H21NO2/c1-15-10-9-14-8-7-12-3-5-13(6-4-12)11-16-2/h3-6,14H,7-11H2,1-2H3. The molecule has 0 radical (unpaired) electrons. The van der Waals surface area contributed by atoms with Crippen LogP contribution in [0, 0.1) is 0 Å². The van der Waals surface area contributed by atoms with Gasteiger partial charge >= 0.3 is 0 Å². The smallest absolute Gasteiger partial charge is 0.0713 e. The Labute approximate surface area is 97.8 Å². The maximum Gasteiger partial charge on any atom is 0.0713 e. The summed E-state index contributed by atoms with van der Waals surface area (Å²) in [6.45, 7) is 3.37. The zero-order valence-electron chi connectivity index (χ0n) is 10.2. The minimum Gasteiger partial charge on any atom is -0.383 e. The highest BCUT2D eigenvalue weighted by molar-refractivity contribution is 5.22. The third kappa shape index (κ3) is 5.26. The molecule has 0 aromatic heterocycles. The molecule has 0 heterocycles. The van der Waals surface area contributed by atoms with Crippen LogP contribution in [0.15, 0.2) is 24.3 Å². The minimum absolute atomic E-state index is 0.687. The van der Waals surface area contributed by atoms with Crippen molar-refractivity contribution in [1.82, 2.24) is 5.32 Å². The molecule has 0 aliphatic heterocycles. The molecular weight excluding hydrogens is 202 g/mol. The van der Waals surface area contributed by atoms with Crippen LogP contribution in [0.2, 0.25) is 0 Å². The van der Waals surface area contributed by atoms with E-state index in [1.807, 2.05) is 0 Å². The van der Waals surface area contributed by atoms with Crippen molar-refractivity contribution in [3.05, 3.63) is 35.4 Å². The zero-order chi connectivity index (χ0) is 11.6. The highest BCUT2D eigenvalue weighted by Gasteiger charge is 1.94. The third-order valence-corrected chi connectivity index (χ3v) is 2.41. The molecule has 0 saturated carbocycles. The lowest BCUT2D eigenvalue weighted by atomic mass is 10.1. The molecule has 0 amide bonds. The first-order chi connectivity index (χ1) is 7.86. The van der Waals surface area contributed by atoms with E-state index in [4.69, 9.17) is 9.47 Å². The first-order valence-corrected chi connectivity index (χ1v) is 5.63. The lowest BCUT2D eigenvalue weighted by Crippen LogP contribution is -2.21. The van der Waals surface area contributed by atoms with Crippen LogP contribution >= 0.6 is 0 Å². The SMILES string of the molecule is COCCNCCc1ccc(COC)cc1. The summed E-state index contributed by atoms with van der Waals surface area (Å²) in [5.74, 6) is 0. The number of hydrogen-bond donors (Lipinski definition) is 1. The van der Waals surface area contributed by atoms with E-state index in [0.717, 1.165) is 26.1 Å². The Hall–Kier alpha value is -0.900. The van der Waals surface area contributed by atoms with Crippen molar-refractivity contribution in [3.63, 3.8) is 0 Å². The van der Waals surface area contributed by atoms with Crippen LogP contribution in [-0.2, 0) is 22.5 Å². The molecule has 0 aliphatic carbocycles. The van der Waals surface area contributed by atoms with Gasteiger partial charge in [-0.3, -0.25) is 0 Å². The average Bonchev–Trinajstić information content (AvgIpc) is 2.31. The predicted octanol–water partition coefficient (Wildman–Crippen LogP) is 1.61. The Balaban J connectivity index is 2.21. The molecule has 1 N–H and O–H groups in total. The number of methoxy groups -OCH3 is 2. The summed E-state index contributed by atoms with van der Waals surface area (Å²) in [4.78, 5) is 0. The minimum atomic E-state index is 0.687. The van der Waals surface area contributed by atoms with Crippen LogP contribution in [0.1, 0.15) is 11.1 Å². The Morgan fingerprint density at radius 1 is 0.938 bits per heavy atom. The molecule has 0 spiro atoms. The third-order valence-electron chi connectivity index (χ3n) is 2.41. The van der Waals surface area contributed by atoms with Gasteiger partial charge in [0.25, 0.3) is 0 Å². The van der Waals surface area contributed by atoms with Gasteiger partial charge in [0.05, 0.1) is 13.2 Å². The van der Waals surface area contributed by atoms with Gasteiger partial charge in [-0.05, 0) is 24.1 Å². The van der Waals surface area contributed by atoms with Crippen LogP contribution in [-0.4, -0.2) is 33.9 Å². The van der Waals surface area contributed by atoms with Crippen LogP contribution in [0.25, 0.3) is 0 Å². The van der Waals surface area contributed by atoms with Crippen LogP contribution < -0.4 is 5.32 Å². The Bertz CT molecular complexity index is 272. The van der Waals surface area contributed by atoms with Crippen molar-refractivity contribution < 1.29 is 9.47 Å². The van der Waals surface area contributed by atoms with Crippen molar-refractivity contribution in [2.24, 2.45) is 0 Å². The molecule has 0 unspecified atom stereocenters. The van der Waals surface area contributed by atoms with E-state index in [0.29, 0.717) is 6.61 Å². The number of rotatable bonds is 8. The molecule has 90 valence electrons.